The lowest BCUT2D eigenvalue weighted by atomic mass is 10.2. The third-order valence-electron chi connectivity index (χ3n) is 3.28. The van der Waals surface area contributed by atoms with E-state index < -0.39 is 6.09 Å². The molecule has 0 saturated carbocycles. The Labute approximate surface area is 124 Å². The minimum Gasteiger partial charge on any atom is -0.465 e. The van der Waals surface area contributed by atoms with Crippen LogP contribution in [0.3, 0.4) is 0 Å². The molecule has 1 amide bonds. The van der Waals surface area contributed by atoms with Gasteiger partial charge >= 0.3 is 6.09 Å². The van der Waals surface area contributed by atoms with Crippen LogP contribution in [0, 0.1) is 0 Å². The predicted molar refractivity (Wildman–Crippen MR) is 74.2 cm³/mol. The van der Waals surface area contributed by atoms with Gasteiger partial charge in [-0.25, -0.2) is 9.78 Å². The van der Waals surface area contributed by atoms with Gasteiger partial charge in [-0.05, 0) is 11.3 Å². The van der Waals surface area contributed by atoms with Crippen molar-refractivity contribution in [2.24, 2.45) is 0 Å². The van der Waals surface area contributed by atoms with Gasteiger partial charge in [0.2, 0.25) is 5.82 Å². The number of hydrogen-bond donors (Lipinski definition) is 2. The normalized spacial score (nSPS) is 15.3. The number of carbonyl (C=O) groups is 1. The number of carboxylic acid groups (broad SMARTS) is 1. The Balaban J connectivity index is 1.76. The van der Waals surface area contributed by atoms with Crippen LogP contribution in [0.1, 0.15) is 0 Å². The average Bonchev–Trinajstić information content (AvgIpc) is 3.01. The van der Waals surface area contributed by atoms with Gasteiger partial charge in [0.15, 0.2) is 0 Å². The minimum absolute atomic E-state index is 0.423. The maximum Gasteiger partial charge on any atom is 0.407 e. The highest BCUT2D eigenvalue weighted by atomic mass is 35.5. The Morgan fingerprint density at radius 1 is 1.33 bits per heavy atom. The Kier molecular flexibility index (Phi) is 3.57. The van der Waals surface area contributed by atoms with Crippen molar-refractivity contribution < 1.29 is 9.90 Å². The van der Waals surface area contributed by atoms with Gasteiger partial charge in [0.1, 0.15) is 5.82 Å². The lowest BCUT2D eigenvalue weighted by molar-refractivity contribution is 0.142. The third kappa shape index (κ3) is 2.72. The number of rotatable bonds is 2. The van der Waals surface area contributed by atoms with E-state index in [0.29, 0.717) is 48.4 Å². The van der Waals surface area contributed by atoms with E-state index >= 15 is 0 Å². The van der Waals surface area contributed by atoms with Crippen LogP contribution < -0.4 is 4.90 Å². The molecule has 21 heavy (non-hydrogen) atoms. The second-order valence-corrected chi connectivity index (χ2v) is 4.93. The fraction of sp³-hybridized carbons (Fsp3) is 0.364. The SMILES string of the molecule is O=C(O)N1CCN(c2ncc(-c3nn[nH]n3)cc2Cl)CC1. The zero-order valence-electron chi connectivity index (χ0n) is 10.9. The predicted octanol–water partition coefficient (Wildman–Crippen LogP) is 0.715. The number of amides is 1. The van der Waals surface area contributed by atoms with Gasteiger partial charge in [0.05, 0.1) is 5.02 Å². The Bertz CT molecular complexity index is 640. The van der Waals surface area contributed by atoms with E-state index in [1.807, 2.05) is 4.90 Å². The van der Waals surface area contributed by atoms with Crippen LogP contribution in [0.15, 0.2) is 12.3 Å². The van der Waals surface area contributed by atoms with E-state index in [0.717, 1.165) is 0 Å². The number of nitrogens with one attached hydrogen (secondary N) is 1. The minimum atomic E-state index is -0.902. The molecular formula is C11H12ClN7O2. The van der Waals surface area contributed by atoms with E-state index in [1.165, 1.54) is 4.90 Å². The topological polar surface area (TPSA) is 111 Å². The van der Waals surface area contributed by atoms with Crippen LogP contribution in [0.5, 0.6) is 0 Å². The number of hydrogen-bond acceptors (Lipinski definition) is 6. The first-order valence-corrected chi connectivity index (χ1v) is 6.65. The largest absolute Gasteiger partial charge is 0.465 e. The first-order valence-electron chi connectivity index (χ1n) is 6.27. The number of aromatic nitrogens is 5. The second-order valence-electron chi connectivity index (χ2n) is 4.52. The molecule has 2 N–H and O–H groups in total. The molecule has 0 bridgehead atoms. The van der Waals surface area contributed by atoms with Gasteiger partial charge in [-0.3, -0.25) is 0 Å². The second kappa shape index (κ2) is 5.52. The van der Waals surface area contributed by atoms with Crippen molar-refractivity contribution >= 4 is 23.5 Å². The van der Waals surface area contributed by atoms with E-state index in [2.05, 4.69) is 25.6 Å². The van der Waals surface area contributed by atoms with Gasteiger partial charge in [-0.1, -0.05) is 11.6 Å². The summed E-state index contributed by atoms with van der Waals surface area (Å²) in [7, 11) is 0. The maximum absolute atomic E-state index is 10.9. The van der Waals surface area contributed by atoms with Crippen LogP contribution in [0.4, 0.5) is 10.6 Å². The molecule has 2 aromatic heterocycles. The molecule has 0 unspecified atom stereocenters. The lowest BCUT2D eigenvalue weighted by Gasteiger charge is -2.34. The number of piperazine rings is 1. The fourth-order valence-electron chi connectivity index (χ4n) is 2.18. The highest BCUT2D eigenvalue weighted by molar-refractivity contribution is 6.33. The van der Waals surface area contributed by atoms with E-state index in [4.69, 9.17) is 16.7 Å². The Morgan fingerprint density at radius 2 is 2.10 bits per heavy atom. The fourth-order valence-corrected chi connectivity index (χ4v) is 2.47. The maximum atomic E-state index is 10.9. The summed E-state index contributed by atoms with van der Waals surface area (Å²) in [5.41, 5.74) is 0.668. The number of pyridine rings is 1. The molecule has 1 fully saturated rings. The van der Waals surface area contributed by atoms with Crippen molar-refractivity contribution in [1.29, 1.82) is 0 Å². The van der Waals surface area contributed by atoms with Gasteiger partial charge < -0.3 is 14.9 Å². The number of aromatic amines is 1. The summed E-state index contributed by atoms with van der Waals surface area (Å²) >= 11 is 6.26. The number of tetrazole rings is 1. The zero-order chi connectivity index (χ0) is 14.8. The summed E-state index contributed by atoms with van der Waals surface area (Å²) in [6, 6.07) is 1.72. The van der Waals surface area contributed by atoms with Crippen molar-refractivity contribution in [1.82, 2.24) is 30.5 Å². The standard InChI is InChI=1S/C11H12ClN7O2/c12-8-5-7(9-14-16-17-15-9)6-13-10(8)18-1-3-19(4-2-18)11(20)21/h5-6H,1-4H2,(H,20,21)(H,14,15,16,17). The molecule has 110 valence electrons. The van der Waals surface area contributed by atoms with Crippen LogP contribution in [0.2, 0.25) is 5.02 Å². The average molecular weight is 310 g/mol. The molecule has 0 aromatic carbocycles. The monoisotopic (exact) mass is 309 g/mol. The van der Waals surface area contributed by atoms with Gasteiger partial charge in [-0.15, -0.1) is 10.2 Å². The van der Waals surface area contributed by atoms with Crippen LogP contribution in [-0.2, 0) is 0 Å². The van der Waals surface area contributed by atoms with Crippen molar-refractivity contribution in [3.8, 4) is 11.4 Å². The van der Waals surface area contributed by atoms with E-state index in [9.17, 15) is 4.79 Å². The number of anilines is 1. The lowest BCUT2D eigenvalue weighted by Crippen LogP contribution is -2.48. The summed E-state index contributed by atoms with van der Waals surface area (Å²) in [6.45, 7) is 1.97. The van der Waals surface area contributed by atoms with Gasteiger partial charge in [0.25, 0.3) is 0 Å². The van der Waals surface area contributed by atoms with Crippen molar-refractivity contribution in [3.05, 3.63) is 17.3 Å². The highest BCUT2D eigenvalue weighted by Crippen LogP contribution is 2.27. The first-order chi connectivity index (χ1) is 10.1. The molecule has 0 spiro atoms. The van der Waals surface area contributed by atoms with Crippen LogP contribution >= 0.6 is 11.6 Å². The quantitative estimate of drug-likeness (QED) is 0.840. The molecule has 0 aliphatic carbocycles. The number of halogens is 1. The zero-order valence-corrected chi connectivity index (χ0v) is 11.7. The summed E-state index contributed by atoms with van der Waals surface area (Å²) in [5.74, 6) is 1.06. The van der Waals surface area contributed by atoms with Crippen LogP contribution in [0.25, 0.3) is 11.4 Å². The van der Waals surface area contributed by atoms with E-state index in [1.54, 1.807) is 12.3 Å². The molecule has 9 nitrogen and oxygen atoms in total. The Hall–Kier alpha value is -2.42. The summed E-state index contributed by atoms with van der Waals surface area (Å²) in [6.07, 6.45) is 0.719. The molecule has 0 radical (unpaired) electrons. The van der Waals surface area contributed by atoms with Gasteiger partial charge in [-0.2, -0.15) is 5.21 Å². The molecule has 1 aliphatic heterocycles. The molecule has 2 aromatic rings. The van der Waals surface area contributed by atoms with Crippen LogP contribution in [-0.4, -0.2) is 67.9 Å². The number of nitrogens with zero attached hydrogens (tertiary/aromatic N) is 6. The molecule has 1 aliphatic rings. The smallest absolute Gasteiger partial charge is 0.407 e. The molecule has 10 heteroatoms. The molecule has 3 rings (SSSR count). The first kappa shape index (κ1) is 13.6. The van der Waals surface area contributed by atoms with Crippen molar-refractivity contribution in [2.45, 2.75) is 0 Å². The van der Waals surface area contributed by atoms with E-state index in [-0.39, 0.29) is 0 Å². The highest BCUT2D eigenvalue weighted by Gasteiger charge is 2.23. The Morgan fingerprint density at radius 3 is 2.67 bits per heavy atom. The third-order valence-corrected chi connectivity index (χ3v) is 3.55. The molecule has 3 heterocycles. The molecule has 1 saturated heterocycles. The van der Waals surface area contributed by atoms with Crippen molar-refractivity contribution in [2.75, 3.05) is 31.1 Å². The van der Waals surface area contributed by atoms with Gasteiger partial charge in [0, 0.05) is 37.9 Å². The summed E-state index contributed by atoms with van der Waals surface area (Å²) in [5, 5.41) is 23.0. The summed E-state index contributed by atoms with van der Waals surface area (Å²) in [4.78, 5) is 18.6. The molecular weight excluding hydrogens is 298 g/mol. The number of H-pyrrole nitrogens is 1. The molecule has 0 atom stereocenters. The summed E-state index contributed by atoms with van der Waals surface area (Å²) < 4.78 is 0. The van der Waals surface area contributed by atoms with Crippen molar-refractivity contribution in [3.63, 3.8) is 0 Å².